The SMILES string of the molecule is C[Si](C)(C)CCOCn1cncc1CNC(=O)NC(=O)c1ccc(C2CC2)cc1Cl. The van der Waals surface area contributed by atoms with Gasteiger partial charge in [0, 0.05) is 14.7 Å². The molecule has 9 heteroatoms. The number of ether oxygens (including phenoxy) is 1. The summed E-state index contributed by atoms with van der Waals surface area (Å²) in [5.41, 5.74) is 2.22. The van der Waals surface area contributed by atoms with Crippen molar-refractivity contribution in [3.8, 4) is 0 Å². The number of imide groups is 1. The van der Waals surface area contributed by atoms with Crippen molar-refractivity contribution in [2.45, 2.75) is 57.7 Å². The molecule has 0 aliphatic heterocycles. The van der Waals surface area contributed by atoms with Gasteiger partial charge in [-0.3, -0.25) is 10.1 Å². The maximum absolute atomic E-state index is 12.4. The zero-order valence-corrected chi connectivity index (χ0v) is 19.5. The van der Waals surface area contributed by atoms with Gasteiger partial charge in [-0.2, -0.15) is 0 Å². The average molecular weight is 449 g/mol. The Morgan fingerprint density at radius 1 is 1.30 bits per heavy atom. The molecule has 30 heavy (non-hydrogen) atoms. The number of amides is 3. The van der Waals surface area contributed by atoms with Crippen LogP contribution in [-0.4, -0.2) is 36.2 Å². The molecule has 1 fully saturated rings. The summed E-state index contributed by atoms with van der Waals surface area (Å²) in [6, 6.07) is 5.88. The Balaban J connectivity index is 1.46. The Bertz CT molecular complexity index is 906. The highest BCUT2D eigenvalue weighted by molar-refractivity contribution is 6.76. The fraction of sp³-hybridized carbons (Fsp3) is 0.476. The van der Waals surface area contributed by atoms with Crippen LogP contribution in [0.15, 0.2) is 30.7 Å². The van der Waals surface area contributed by atoms with Crippen molar-refractivity contribution >= 4 is 31.6 Å². The van der Waals surface area contributed by atoms with Gasteiger partial charge >= 0.3 is 6.03 Å². The summed E-state index contributed by atoms with van der Waals surface area (Å²) in [5.74, 6) is 0.0234. The fourth-order valence-corrected chi connectivity index (χ4v) is 3.96. The first kappa shape index (κ1) is 22.5. The molecule has 0 radical (unpaired) electrons. The second kappa shape index (κ2) is 9.76. The lowest BCUT2D eigenvalue weighted by Gasteiger charge is -2.16. The zero-order chi connectivity index (χ0) is 21.7. The van der Waals surface area contributed by atoms with E-state index in [2.05, 4.69) is 35.3 Å². The van der Waals surface area contributed by atoms with Crippen molar-refractivity contribution < 1.29 is 14.3 Å². The Labute approximate surface area is 183 Å². The summed E-state index contributed by atoms with van der Waals surface area (Å²) in [5, 5.41) is 5.36. The van der Waals surface area contributed by atoms with Crippen LogP contribution in [0.4, 0.5) is 4.79 Å². The van der Waals surface area contributed by atoms with Gasteiger partial charge in [0.25, 0.3) is 5.91 Å². The van der Waals surface area contributed by atoms with Gasteiger partial charge in [-0.15, -0.1) is 0 Å². The van der Waals surface area contributed by atoms with Crippen molar-refractivity contribution in [1.82, 2.24) is 20.2 Å². The Kier molecular flexibility index (Phi) is 7.33. The Hall–Kier alpha value is -2.16. The number of nitrogens with zero attached hydrogens (tertiary/aromatic N) is 2. The quantitative estimate of drug-likeness (QED) is 0.440. The fourth-order valence-electron chi connectivity index (χ4n) is 2.92. The van der Waals surface area contributed by atoms with Gasteiger partial charge in [0.2, 0.25) is 0 Å². The molecular weight excluding hydrogens is 420 g/mol. The number of carbonyl (C=O) groups is 2. The van der Waals surface area contributed by atoms with E-state index >= 15 is 0 Å². The molecule has 0 atom stereocenters. The third kappa shape index (κ3) is 6.68. The van der Waals surface area contributed by atoms with E-state index in [-0.39, 0.29) is 12.1 Å². The Morgan fingerprint density at radius 3 is 2.73 bits per heavy atom. The zero-order valence-electron chi connectivity index (χ0n) is 17.7. The molecule has 0 saturated heterocycles. The first-order chi connectivity index (χ1) is 14.2. The number of hydrogen-bond acceptors (Lipinski definition) is 4. The third-order valence-corrected chi connectivity index (χ3v) is 6.99. The molecule has 1 aliphatic rings. The van der Waals surface area contributed by atoms with Gasteiger partial charge < -0.3 is 14.6 Å². The van der Waals surface area contributed by atoms with Gasteiger partial charge in [0.15, 0.2) is 0 Å². The number of carbonyl (C=O) groups excluding carboxylic acids is 2. The minimum absolute atomic E-state index is 0.227. The molecule has 2 N–H and O–H groups in total. The summed E-state index contributed by atoms with van der Waals surface area (Å²) in [6.45, 7) is 8.22. The second-order valence-corrected chi connectivity index (χ2v) is 14.9. The summed E-state index contributed by atoms with van der Waals surface area (Å²) in [4.78, 5) is 28.6. The highest BCUT2D eigenvalue weighted by Crippen LogP contribution is 2.41. The Morgan fingerprint density at radius 2 is 2.07 bits per heavy atom. The summed E-state index contributed by atoms with van der Waals surface area (Å²) >= 11 is 6.23. The van der Waals surface area contributed by atoms with Crippen molar-refractivity contribution in [3.05, 3.63) is 52.6 Å². The molecule has 1 aromatic carbocycles. The largest absolute Gasteiger partial charge is 0.361 e. The van der Waals surface area contributed by atoms with E-state index in [0.29, 0.717) is 24.3 Å². The highest BCUT2D eigenvalue weighted by Gasteiger charge is 2.25. The number of rotatable bonds is 9. The summed E-state index contributed by atoms with van der Waals surface area (Å²) < 4.78 is 7.56. The van der Waals surface area contributed by atoms with Crippen molar-refractivity contribution in [3.63, 3.8) is 0 Å². The van der Waals surface area contributed by atoms with E-state index in [4.69, 9.17) is 16.3 Å². The van der Waals surface area contributed by atoms with Crippen molar-refractivity contribution in [2.75, 3.05) is 6.61 Å². The molecular formula is C21H29ClN4O3Si. The van der Waals surface area contributed by atoms with Gasteiger partial charge in [-0.1, -0.05) is 37.3 Å². The number of halogens is 1. The van der Waals surface area contributed by atoms with Crippen LogP contribution in [0.2, 0.25) is 30.7 Å². The van der Waals surface area contributed by atoms with Gasteiger partial charge in [0.1, 0.15) is 6.73 Å². The maximum Gasteiger partial charge on any atom is 0.322 e. The number of benzene rings is 1. The van der Waals surface area contributed by atoms with E-state index in [9.17, 15) is 9.59 Å². The maximum atomic E-state index is 12.4. The number of nitrogens with one attached hydrogen (secondary N) is 2. The normalized spacial score (nSPS) is 13.9. The van der Waals surface area contributed by atoms with Crippen LogP contribution in [-0.2, 0) is 18.0 Å². The minimum atomic E-state index is -1.13. The van der Waals surface area contributed by atoms with Crippen molar-refractivity contribution in [2.24, 2.45) is 0 Å². The van der Waals surface area contributed by atoms with Crippen LogP contribution in [0.5, 0.6) is 0 Å². The molecule has 0 unspecified atom stereocenters. The lowest BCUT2D eigenvalue weighted by Crippen LogP contribution is -2.39. The average Bonchev–Trinajstić information content (AvgIpc) is 3.42. The molecule has 0 spiro atoms. The summed E-state index contributed by atoms with van der Waals surface area (Å²) in [7, 11) is -1.13. The molecule has 162 valence electrons. The molecule has 0 bridgehead atoms. The highest BCUT2D eigenvalue weighted by atomic mass is 35.5. The smallest absolute Gasteiger partial charge is 0.322 e. The monoisotopic (exact) mass is 448 g/mol. The van der Waals surface area contributed by atoms with Crippen LogP contribution < -0.4 is 10.6 Å². The number of imidazole rings is 1. The molecule has 7 nitrogen and oxygen atoms in total. The molecule has 1 saturated carbocycles. The summed E-state index contributed by atoms with van der Waals surface area (Å²) in [6.07, 6.45) is 5.64. The molecule has 1 aliphatic carbocycles. The lowest BCUT2D eigenvalue weighted by molar-refractivity contribution is 0.0850. The number of aromatic nitrogens is 2. The first-order valence-corrected chi connectivity index (χ1v) is 14.3. The van der Waals surface area contributed by atoms with Crippen LogP contribution >= 0.6 is 11.6 Å². The third-order valence-electron chi connectivity index (χ3n) is 4.97. The van der Waals surface area contributed by atoms with Gasteiger partial charge in [-0.25, -0.2) is 9.78 Å². The van der Waals surface area contributed by atoms with Crippen LogP contribution in [0.1, 0.15) is 40.4 Å². The minimum Gasteiger partial charge on any atom is -0.361 e. The standard InChI is InChI=1S/C21H29ClN4O3Si/c1-30(2,3)9-8-29-14-26-13-23-11-17(26)12-24-21(28)25-20(27)18-7-6-16(10-19(18)22)15-4-5-15/h6-7,10-11,13,15H,4-5,8-9,12,14H2,1-3H3,(H2,24,25,27,28). The van der Waals surface area contributed by atoms with E-state index in [1.807, 2.05) is 16.7 Å². The van der Waals surface area contributed by atoms with Crippen LogP contribution in [0.25, 0.3) is 0 Å². The topological polar surface area (TPSA) is 85.2 Å². The van der Waals surface area contributed by atoms with Crippen LogP contribution in [0.3, 0.4) is 0 Å². The molecule has 3 rings (SSSR count). The molecule has 1 heterocycles. The molecule has 1 aromatic heterocycles. The van der Waals surface area contributed by atoms with E-state index < -0.39 is 20.0 Å². The number of urea groups is 1. The van der Waals surface area contributed by atoms with Crippen LogP contribution in [0, 0.1) is 0 Å². The lowest BCUT2D eigenvalue weighted by atomic mass is 10.1. The second-order valence-electron chi connectivity index (χ2n) is 8.85. The van der Waals surface area contributed by atoms with E-state index in [0.717, 1.165) is 30.1 Å². The van der Waals surface area contributed by atoms with E-state index in [1.165, 1.54) is 0 Å². The number of hydrogen-bond donors (Lipinski definition) is 2. The van der Waals surface area contributed by atoms with E-state index in [1.54, 1.807) is 18.6 Å². The predicted molar refractivity (Wildman–Crippen MR) is 119 cm³/mol. The van der Waals surface area contributed by atoms with Gasteiger partial charge in [0.05, 0.1) is 35.3 Å². The molecule has 3 amide bonds. The predicted octanol–water partition coefficient (Wildman–Crippen LogP) is 4.37. The van der Waals surface area contributed by atoms with Crippen molar-refractivity contribution in [1.29, 1.82) is 0 Å². The van der Waals surface area contributed by atoms with Gasteiger partial charge in [-0.05, 0) is 42.5 Å². The first-order valence-electron chi connectivity index (χ1n) is 10.2. The molecule has 2 aromatic rings.